The van der Waals surface area contributed by atoms with Crippen LogP contribution in [0.1, 0.15) is 47.7 Å². The SMILES string of the molecule is Cc1ccccc1C(=O)N1CCC(C(=O)N[C@@H](C)CCc2ccccc2)CC1. The Bertz CT molecular complexity index is 795. The van der Waals surface area contributed by atoms with Crippen molar-refractivity contribution in [3.63, 3.8) is 0 Å². The van der Waals surface area contributed by atoms with E-state index >= 15 is 0 Å². The third-order valence-electron chi connectivity index (χ3n) is 5.63. The summed E-state index contributed by atoms with van der Waals surface area (Å²) in [6.45, 7) is 5.31. The molecule has 4 heteroatoms. The molecule has 1 aliphatic heterocycles. The number of hydrogen-bond donors (Lipinski definition) is 1. The number of amides is 2. The second kappa shape index (κ2) is 9.54. The number of carbonyl (C=O) groups is 2. The number of rotatable bonds is 6. The third-order valence-corrected chi connectivity index (χ3v) is 5.63. The van der Waals surface area contributed by atoms with Gasteiger partial charge in [-0.15, -0.1) is 0 Å². The van der Waals surface area contributed by atoms with Gasteiger partial charge in [0.2, 0.25) is 5.91 Å². The van der Waals surface area contributed by atoms with E-state index in [0.717, 1.165) is 36.8 Å². The van der Waals surface area contributed by atoms with E-state index in [4.69, 9.17) is 0 Å². The second-order valence-corrected chi connectivity index (χ2v) is 7.82. The van der Waals surface area contributed by atoms with Crippen molar-refractivity contribution in [2.24, 2.45) is 5.92 Å². The predicted molar refractivity (Wildman–Crippen MR) is 112 cm³/mol. The summed E-state index contributed by atoms with van der Waals surface area (Å²) in [7, 11) is 0. The van der Waals surface area contributed by atoms with Crippen molar-refractivity contribution in [1.29, 1.82) is 0 Å². The summed E-state index contributed by atoms with van der Waals surface area (Å²) in [5.74, 6) is 0.205. The summed E-state index contributed by atoms with van der Waals surface area (Å²) in [5.41, 5.74) is 3.06. The van der Waals surface area contributed by atoms with Crippen LogP contribution in [0, 0.1) is 12.8 Å². The van der Waals surface area contributed by atoms with E-state index in [1.807, 2.05) is 54.3 Å². The molecule has 0 bridgehead atoms. The lowest BCUT2D eigenvalue weighted by molar-refractivity contribution is -0.126. The van der Waals surface area contributed by atoms with Crippen molar-refractivity contribution in [3.05, 3.63) is 71.3 Å². The van der Waals surface area contributed by atoms with Gasteiger partial charge in [0.05, 0.1) is 0 Å². The van der Waals surface area contributed by atoms with Crippen molar-refractivity contribution in [2.45, 2.75) is 45.6 Å². The minimum absolute atomic E-state index is 0.0000885. The second-order valence-electron chi connectivity index (χ2n) is 7.82. The minimum Gasteiger partial charge on any atom is -0.353 e. The molecule has 2 aromatic rings. The number of aryl methyl sites for hydroxylation is 2. The molecule has 0 aromatic heterocycles. The molecule has 28 heavy (non-hydrogen) atoms. The summed E-state index contributed by atoms with van der Waals surface area (Å²) in [5, 5.41) is 3.16. The van der Waals surface area contributed by atoms with Gasteiger partial charge in [-0.1, -0.05) is 48.5 Å². The normalized spacial score (nSPS) is 15.9. The maximum Gasteiger partial charge on any atom is 0.254 e. The van der Waals surface area contributed by atoms with Gasteiger partial charge in [0.1, 0.15) is 0 Å². The number of hydrogen-bond acceptors (Lipinski definition) is 2. The standard InChI is InChI=1S/C24H30N2O2/c1-18-8-6-7-11-22(18)24(28)26-16-14-21(15-17-26)23(27)25-19(2)12-13-20-9-4-3-5-10-20/h3-11,19,21H,12-17H2,1-2H3,(H,25,27)/t19-/m0/s1. The van der Waals surface area contributed by atoms with E-state index < -0.39 is 0 Å². The molecule has 2 amide bonds. The zero-order valence-corrected chi connectivity index (χ0v) is 16.9. The quantitative estimate of drug-likeness (QED) is 0.826. The van der Waals surface area contributed by atoms with Crippen LogP contribution in [0.15, 0.2) is 54.6 Å². The number of nitrogens with zero attached hydrogens (tertiary/aromatic N) is 1. The van der Waals surface area contributed by atoms with Crippen LogP contribution in [0.3, 0.4) is 0 Å². The van der Waals surface area contributed by atoms with E-state index in [0.29, 0.717) is 13.1 Å². The van der Waals surface area contributed by atoms with Crippen molar-refractivity contribution >= 4 is 11.8 Å². The third kappa shape index (κ3) is 5.22. The van der Waals surface area contributed by atoms with Gasteiger partial charge >= 0.3 is 0 Å². The molecule has 0 spiro atoms. The average molecular weight is 379 g/mol. The molecule has 2 aromatic carbocycles. The van der Waals surface area contributed by atoms with Gasteiger partial charge in [0, 0.05) is 30.6 Å². The first kappa shape index (κ1) is 20.1. The summed E-state index contributed by atoms with van der Waals surface area (Å²) >= 11 is 0. The van der Waals surface area contributed by atoms with E-state index in [9.17, 15) is 9.59 Å². The molecule has 0 unspecified atom stereocenters. The summed E-state index contributed by atoms with van der Waals surface area (Å²) in [6.07, 6.45) is 3.36. The van der Waals surface area contributed by atoms with Crippen LogP contribution in [0.25, 0.3) is 0 Å². The minimum atomic E-state index is 0.0000885. The highest BCUT2D eigenvalue weighted by Gasteiger charge is 2.28. The predicted octanol–water partition coefficient (Wildman–Crippen LogP) is 3.98. The maximum atomic E-state index is 12.7. The lowest BCUT2D eigenvalue weighted by Gasteiger charge is -2.32. The van der Waals surface area contributed by atoms with E-state index in [2.05, 4.69) is 24.4 Å². The number of likely N-dealkylation sites (tertiary alicyclic amines) is 1. The first-order valence-electron chi connectivity index (χ1n) is 10.2. The molecule has 4 nitrogen and oxygen atoms in total. The summed E-state index contributed by atoms with van der Waals surface area (Å²) in [6, 6.07) is 18.2. The molecule has 3 rings (SSSR count). The van der Waals surface area contributed by atoms with Gasteiger partial charge in [-0.2, -0.15) is 0 Å². The highest BCUT2D eigenvalue weighted by Crippen LogP contribution is 2.21. The molecule has 148 valence electrons. The molecule has 0 radical (unpaired) electrons. The van der Waals surface area contributed by atoms with Crippen LogP contribution in [0.4, 0.5) is 0 Å². The molecule has 1 aliphatic rings. The van der Waals surface area contributed by atoms with E-state index in [1.165, 1.54) is 5.56 Å². The number of piperidine rings is 1. The zero-order chi connectivity index (χ0) is 19.9. The summed E-state index contributed by atoms with van der Waals surface area (Å²) in [4.78, 5) is 27.2. The molecular weight excluding hydrogens is 348 g/mol. The number of nitrogens with one attached hydrogen (secondary N) is 1. The lowest BCUT2D eigenvalue weighted by atomic mass is 9.94. The van der Waals surface area contributed by atoms with Crippen LogP contribution < -0.4 is 5.32 Å². The number of benzene rings is 2. The van der Waals surface area contributed by atoms with Crippen molar-refractivity contribution in [2.75, 3.05) is 13.1 Å². The highest BCUT2D eigenvalue weighted by molar-refractivity contribution is 5.95. The molecule has 0 aliphatic carbocycles. The van der Waals surface area contributed by atoms with Crippen molar-refractivity contribution in [3.8, 4) is 0 Å². The lowest BCUT2D eigenvalue weighted by Crippen LogP contribution is -2.45. The topological polar surface area (TPSA) is 49.4 Å². The monoisotopic (exact) mass is 378 g/mol. The molecule has 1 heterocycles. The van der Waals surface area contributed by atoms with Crippen LogP contribution in [0.5, 0.6) is 0 Å². The van der Waals surface area contributed by atoms with Crippen LogP contribution >= 0.6 is 0 Å². The van der Waals surface area contributed by atoms with Crippen molar-refractivity contribution in [1.82, 2.24) is 10.2 Å². The van der Waals surface area contributed by atoms with Gasteiger partial charge in [-0.25, -0.2) is 0 Å². The summed E-state index contributed by atoms with van der Waals surface area (Å²) < 4.78 is 0. The maximum absolute atomic E-state index is 12.7. The Kier molecular flexibility index (Phi) is 6.85. The van der Waals surface area contributed by atoms with Gasteiger partial charge in [0.25, 0.3) is 5.91 Å². The van der Waals surface area contributed by atoms with Gasteiger partial charge in [0.15, 0.2) is 0 Å². The Balaban J connectivity index is 1.44. The van der Waals surface area contributed by atoms with Gasteiger partial charge < -0.3 is 10.2 Å². The molecule has 1 atom stereocenters. The molecule has 1 saturated heterocycles. The Hall–Kier alpha value is -2.62. The average Bonchev–Trinajstić information content (AvgIpc) is 2.73. The van der Waals surface area contributed by atoms with Crippen LogP contribution in [0.2, 0.25) is 0 Å². The first-order valence-corrected chi connectivity index (χ1v) is 10.2. The number of carbonyl (C=O) groups excluding carboxylic acids is 2. The fraction of sp³-hybridized carbons (Fsp3) is 0.417. The first-order chi connectivity index (χ1) is 13.5. The Labute approximate surface area is 167 Å². The van der Waals surface area contributed by atoms with Gasteiger partial charge in [-0.05, 0) is 56.7 Å². The van der Waals surface area contributed by atoms with Gasteiger partial charge in [-0.3, -0.25) is 9.59 Å². The van der Waals surface area contributed by atoms with Crippen molar-refractivity contribution < 1.29 is 9.59 Å². The van der Waals surface area contributed by atoms with E-state index in [1.54, 1.807) is 0 Å². The Morgan fingerprint density at radius 2 is 1.68 bits per heavy atom. The molecule has 0 saturated carbocycles. The largest absolute Gasteiger partial charge is 0.353 e. The Morgan fingerprint density at radius 1 is 1.04 bits per heavy atom. The molecule has 1 fully saturated rings. The smallest absolute Gasteiger partial charge is 0.254 e. The van der Waals surface area contributed by atoms with Crippen LogP contribution in [-0.4, -0.2) is 35.8 Å². The Morgan fingerprint density at radius 3 is 2.36 bits per heavy atom. The van der Waals surface area contributed by atoms with Crippen LogP contribution in [-0.2, 0) is 11.2 Å². The highest BCUT2D eigenvalue weighted by atomic mass is 16.2. The fourth-order valence-corrected chi connectivity index (χ4v) is 3.79. The molecular formula is C24H30N2O2. The molecule has 1 N–H and O–H groups in total. The van der Waals surface area contributed by atoms with E-state index in [-0.39, 0.29) is 23.8 Å². The zero-order valence-electron chi connectivity index (χ0n) is 16.9. The fourth-order valence-electron chi connectivity index (χ4n) is 3.79.